The first-order chi connectivity index (χ1) is 11.2. The van der Waals surface area contributed by atoms with Crippen LogP contribution in [0.5, 0.6) is 17.2 Å². The van der Waals surface area contributed by atoms with Gasteiger partial charge in [-0.05, 0) is 36.4 Å². The number of carbonyl (C=O) groups excluding carboxylic acids is 1. The zero-order chi connectivity index (χ0) is 16.1. The summed E-state index contributed by atoms with van der Waals surface area (Å²) in [4.78, 5) is 11.9. The summed E-state index contributed by atoms with van der Waals surface area (Å²) in [6, 6.07) is 13.8. The van der Waals surface area contributed by atoms with Gasteiger partial charge < -0.3 is 19.5 Å². The van der Waals surface area contributed by atoms with Gasteiger partial charge in [-0.3, -0.25) is 4.79 Å². The maximum atomic E-state index is 11.9. The molecule has 0 aromatic heterocycles. The number of nitrogens with zero attached hydrogens (tertiary/aromatic N) is 1. The molecule has 2 aromatic carbocycles. The number of nitrogens with one attached hydrogen (secondary N) is 1. The molecule has 0 aliphatic carbocycles. The molecule has 0 saturated heterocycles. The van der Waals surface area contributed by atoms with Crippen molar-refractivity contribution in [3.63, 3.8) is 0 Å². The molecular formula is C17H14N2O4. The molecule has 1 aliphatic heterocycles. The molecule has 0 radical (unpaired) electrons. The van der Waals surface area contributed by atoms with Crippen LogP contribution in [0.25, 0.3) is 0 Å². The fourth-order valence-corrected chi connectivity index (χ4v) is 2.09. The first-order valence-corrected chi connectivity index (χ1v) is 7.07. The summed E-state index contributed by atoms with van der Waals surface area (Å²) in [7, 11) is 0. The Kier molecular flexibility index (Phi) is 4.29. The highest BCUT2D eigenvalue weighted by atomic mass is 16.6. The van der Waals surface area contributed by atoms with Gasteiger partial charge in [-0.15, -0.1) is 0 Å². The van der Waals surface area contributed by atoms with E-state index in [0.717, 1.165) is 0 Å². The van der Waals surface area contributed by atoms with E-state index in [1.54, 1.807) is 42.5 Å². The zero-order valence-corrected chi connectivity index (χ0v) is 12.2. The fourth-order valence-electron chi connectivity index (χ4n) is 2.09. The minimum Gasteiger partial charge on any atom is -0.486 e. The van der Waals surface area contributed by atoms with E-state index < -0.39 is 0 Å². The summed E-state index contributed by atoms with van der Waals surface area (Å²) in [5.74, 6) is 1.53. The van der Waals surface area contributed by atoms with Crippen LogP contribution < -0.4 is 19.5 Å². The number of carbonyl (C=O) groups is 1. The van der Waals surface area contributed by atoms with Crippen molar-refractivity contribution < 1.29 is 19.0 Å². The van der Waals surface area contributed by atoms with E-state index in [4.69, 9.17) is 19.5 Å². The average molecular weight is 310 g/mol. The molecule has 116 valence electrons. The Morgan fingerprint density at radius 3 is 2.61 bits per heavy atom. The number of benzene rings is 2. The molecule has 6 heteroatoms. The molecule has 0 atom stereocenters. The van der Waals surface area contributed by atoms with Crippen LogP contribution >= 0.6 is 0 Å². The number of nitriles is 1. The van der Waals surface area contributed by atoms with Crippen LogP contribution in [0.2, 0.25) is 0 Å². The first kappa shape index (κ1) is 14.7. The lowest BCUT2D eigenvalue weighted by molar-refractivity contribution is -0.118. The van der Waals surface area contributed by atoms with Crippen molar-refractivity contribution in [2.45, 2.75) is 0 Å². The van der Waals surface area contributed by atoms with E-state index in [1.165, 1.54) is 0 Å². The second-order valence-electron chi connectivity index (χ2n) is 4.83. The highest BCUT2D eigenvalue weighted by molar-refractivity contribution is 5.91. The molecule has 0 unspecified atom stereocenters. The van der Waals surface area contributed by atoms with Crippen LogP contribution in [0.4, 0.5) is 5.69 Å². The quantitative estimate of drug-likeness (QED) is 0.937. The molecule has 1 N–H and O–H groups in total. The van der Waals surface area contributed by atoms with Gasteiger partial charge in [-0.1, -0.05) is 0 Å². The molecule has 3 rings (SSSR count). The molecule has 1 aliphatic rings. The molecule has 23 heavy (non-hydrogen) atoms. The minimum atomic E-state index is -0.287. The Morgan fingerprint density at radius 2 is 1.87 bits per heavy atom. The highest BCUT2D eigenvalue weighted by Crippen LogP contribution is 2.33. The van der Waals surface area contributed by atoms with Gasteiger partial charge in [0, 0.05) is 11.8 Å². The Morgan fingerprint density at radius 1 is 1.13 bits per heavy atom. The topological polar surface area (TPSA) is 80.6 Å². The van der Waals surface area contributed by atoms with Gasteiger partial charge in [-0.2, -0.15) is 5.26 Å². The molecule has 0 spiro atoms. The number of anilines is 1. The third-order valence-electron chi connectivity index (χ3n) is 3.18. The van der Waals surface area contributed by atoms with Crippen LogP contribution in [0, 0.1) is 11.3 Å². The smallest absolute Gasteiger partial charge is 0.262 e. The van der Waals surface area contributed by atoms with Gasteiger partial charge >= 0.3 is 0 Å². The van der Waals surface area contributed by atoms with Gasteiger partial charge in [0.05, 0.1) is 11.6 Å². The van der Waals surface area contributed by atoms with Gasteiger partial charge in [0.25, 0.3) is 5.91 Å². The Hall–Kier alpha value is -3.20. The molecule has 0 saturated carbocycles. The fraction of sp³-hybridized carbons (Fsp3) is 0.176. The van der Waals surface area contributed by atoms with Crippen molar-refractivity contribution in [1.29, 1.82) is 5.26 Å². The van der Waals surface area contributed by atoms with Crippen LogP contribution in [0.15, 0.2) is 42.5 Å². The van der Waals surface area contributed by atoms with Crippen molar-refractivity contribution in [3.8, 4) is 23.3 Å². The monoisotopic (exact) mass is 310 g/mol. The molecule has 0 fully saturated rings. The molecule has 1 amide bonds. The highest BCUT2D eigenvalue weighted by Gasteiger charge is 2.12. The van der Waals surface area contributed by atoms with Crippen LogP contribution in [0.3, 0.4) is 0 Å². The Bertz CT molecular complexity index is 750. The lowest BCUT2D eigenvalue weighted by atomic mass is 10.2. The van der Waals surface area contributed by atoms with Gasteiger partial charge in [-0.25, -0.2) is 0 Å². The number of hydrogen-bond acceptors (Lipinski definition) is 5. The number of ether oxygens (including phenoxy) is 3. The van der Waals surface area contributed by atoms with E-state index in [0.29, 0.717) is 41.7 Å². The van der Waals surface area contributed by atoms with Gasteiger partial charge in [0.1, 0.15) is 19.0 Å². The van der Waals surface area contributed by atoms with Crippen molar-refractivity contribution in [2.24, 2.45) is 0 Å². The number of hydrogen-bond donors (Lipinski definition) is 1. The van der Waals surface area contributed by atoms with E-state index in [9.17, 15) is 4.79 Å². The van der Waals surface area contributed by atoms with E-state index in [1.807, 2.05) is 6.07 Å². The standard InChI is InChI=1S/C17H14N2O4/c18-10-12-1-3-13(4-2-12)19-17(20)11-23-14-5-6-15-16(9-14)22-8-7-21-15/h1-6,9H,7-8,11H2,(H,19,20). The van der Waals surface area contributed by atoms with Crippen molar-refractivity contribution in [3.05, 3.63) is 48.0 Å². The van der Waals surface area contributed by atoms with Crippen molar-refractivity contribution in [1.82, 2.24) is 0 Å². The molecule has 6 nitrogen and oxygen atoms in total. The normalized spacial score (nSPS) is 12.1. The SMILES string of the molecule is N#Cc1ccc(NC(=O)COc2ccc3c(c2)OCCO3)cc1. The molecule has 1 heterocycles. The van der Waals surface area contributed by atoms with Gasteiger partial charge in [0.2, 0.25) is 0 Å². The predicted molar refractivity (Wildman–Crippen MR) is 82.7 cm³/mol. The molecular weight excluding hydrogens is 296 g/mol. The summed E-state index contributed by atoms with van der Waals surface area (Å²) < 4.78 is 16.3. The number of rotatable bonds is 4. The van der Waals surface area contributed by atoms with E-state index in [2.05, 4.69) is 5.32 Å². The van der Waals surface area contributed by atoms with Crippen molar-refractivity contribution in [2.75, 3.05) is 25.1 Å². The average Bonchev–Trinajstić information content (AvgIpc) is 2.60. The second-order valence-corrected chi connectivity index (χ2v) is 4.83. The van der Waals surface area contributed by atoms with Gasteiger partial charge in [0.15, 0.2) is 18.1 Å². The van der Waals surface area contributed by atoms with E-state index in [-0.39, 0.29) is 12.5 Å². The maximum absolute atomic E-state index is 11.9. The third-order valence-corrected chi connectivity index (χ3v) is 3.18. The number of fused-ring (bicyclic) bond motifs is 1. The first-order valence-electron chi connectivity index (χ1n) is 7.07. The largest absolute Gasteiger partial charge is 0.486 e. The minimum absolute atomic E-state index is 0.125. The summed E-state index contributed by atoms with van der Waals surface area (Å²) in [5.41, 5.74) is 1.15. The van der Waals surface area contributed by atoms with Crippen LogP contribution in [-0.4, -0.2) is 25.7 Å². The Labute approximate surface area is 133 Å². The van der Waals surface area contributed by atoms with Crippen molar-refractivity contribution >= 4 is 11.6 Å². The van der Waals surface area contributed by atoms with Crippen LogP contribution in [-0.2, 0) is 4.79 Å². The maximum Gasteiger partial charge on any atom is 0.262 e. The Balaban J connectivity index is 1.55. The van der Waals surface area contributed by atoms with E-state index >= 15 is 0 Å². The lowest BCUT2D eigenvalue weighted by Gasteiger charge is -2.18. The van der Waals surface area contributed by atoms with Crippen LogP contribution in [0.1, 0.15) is 5.56 Å². The summed E-state index contributed by atoms with van der Waals surface area (Å²) >= 11 is 0. The third kappa shape index (κ3) is 3.71. The summed E-state index contributed by atoms with van der Waals surface area (Å²) in [6.07, 6.45) is 0. The summed E-state index contributed by atoms with van der Waals surface area (Å²) in [6.45, 7) is 0.898. The summed E-state index contributed by atoms with van der Waals surface area (Å²) in [5, 5.41) is 11.4. The molecule has 2 aromatic rings. The number of amides is 1. The lowest BCUT2D eigenvalue weighted by Crippen LogP contribution is -2.20. The second kappa shape index (κ2) is 6.71. The molecule has 0 bridgehead atoms. The predicted octanol–water partition coefficient (Wildman–Crippen LogP) is 2.35. The zero-order valence-electron chi connectivity index (χ0n) is 12.2.